The number of methoxy groups -OCH3 is 2. The molecule has 0 fully saturated rings. The Bertz CT molecular complexity index is 650. The van der Waals surface area contributed by atoms with Crippen LogP contribution in [0.2, 0.25) is 0 Å². The molecule has 0 bridgehead atoms. The molecule has 0 aromatic heterocycles. The van der Waals surface area contributed by atoms with Crippen LogP contribution in [0.25, 0.3) is 0 Å². The van der Waals surface area contributed by atoms with Crippen molar-refractivity contribution in [1.29, 1.82) is 0 Å². The van der Waals surface area contributed by atoms with Gasteiger partial charge in [-0.3, -0.25) is 4.79 Å². The predicted octanol–water partition coefficient (Wildman–Crippen LogP) is 2.73. The zero-order valence-electron chi connectivity index (χ0n) is 11.8. The first-order chi connectivity index (χ1) is 10.2. The molecule has 0 spiro atoms. The van der Waals surface area contributed by atoms with Gasteiger partial charge < -0.3 is 14.8 Å². The molecule has 21 heavy (non-hydrogen) atoms. The summed E-state index contributed by atoms with van der Waals surface area (Å²) in [6, 6.07) is 13.4. The van der Waals surface area contributed by atoms with Crippen molar-refractivity contribution in [2.24, 2.45) is 0 Å². The number of rotatable bonds is 4. The van der Waals surface area contributed by atoms with Crippen molar-refractivity contribution < 1.29 is 19.1 Å². The third-order valence-corrected chi connectivity index (χ3v) is 2.92. The van der Waals surface area contributed by atoms with Crippen molar-refractivity contribution in [3.63, 3.8) is 0 Å². The maximum Gasteiger partial charge on any atom is 0.338 e. The van der Waals surface area contributed by atoms with E-state index in [1.165, 1.54) is 7.11 Å². The molecule has 0 radical (unpaired) electrons. The molecule has 5 nitrogen and oxygen atoms in total. The van der Waals surface area contributed by atoms with E-state index in [4.69, 9.17) is 4.74 Å². The first-order valence-corrected chi connectivity index (χ1v) is 6.28. The topological polar surface area (TPSA) is 64.6 Å². The summed E-state index contributed by atoms with van der Waals surface area (Å²) in [4.78, 5) is 23.9. The SMILES string of the molecule is COC(=O)c1ccccc1C(=O)Nc1ccc(OC)cc1. The molecule has 2 aromatic carbocycles. The third-order valence-electron chi connectivity index (χ3n) is 2.92. The number of nitrogens with one attached hydrogen (secondary N) is 1. The number of carbonyl (C=O) groups excluding carboxylic acids is 2. The highest BCUT2D eigenvalue weighted by Crippen LogP contribution is 2.17. The summed E-state index contributed by atoms with van der Waals surface area (Å²) in [5, 5.41) is 2.73. The molecule has 0 aliphatic rings. The molecule has 0 saturated carbocycles. The zero-order chi connectivity index (χ0) is 15.2. The molecule has 108 valence electrons. The monoisotopic (exact) mass is 285 g/mol. The smallest absolute Gasteiger partial charge is 0.338 e. The zero-order valence-corrected chi connectivity index (χ0v) is 11.8. The lowest BCUT2D eigenvalue weighted by Gasteiger charge is -2.09. The van der Waals surface area contributed by atoms with E-state index in [1.807, 2.05) is 0 Å². The minimum Gasteiger partial charge on any atom is -0.497 e. The average molecular weight is 285 g/mol. The Morgan fingerprint density at radius 1 is 0.905 bits per heavy atom. The molecule has 2 aromatic rings. The summed E-state index contributed by atoms with van der Waals surface area (Å²) in [5.74, 6) is -0.223. The van der Waals surface area contributed by atoms with Gasteiger partial charge in [0.1, 0.15) is 5.75 Å². The molecular formula is C16H15NO4. The Labute approximate surface area is 122 Å². The van der Waals surface area contributed by atoms with Crippen molar-refractivity contribution in [2.75, 3.05) is 19.5 Å². The van der Waals surface area contributed by atoms with Crippen molar-refractivity contribution >= 4 is 17.6 Å². The lowest BCUT2D eigenvalue weighted by molar-refractivity contribution is 0.0597. The molecule has 5 heteroatoms. The molecule has 0 unspecified atom stereocenters. The first kappa shape index (κ1) is 14.6. The number of hydrogen-bond acceptors (Lipinski definition) is 4. The van der Waals surface area contributed by atoms with Gasteiger partial charge >= 0.3 is 5.97 Å². The summed E-state index contributed by atoms with van der Waals surface area (Å²) < 4.78 is 9.72. The van der Waals surface area contributed by atoms with Crippen LogP contribution in [-0.4, -0.2) is 26.1 Å². The van der Waals surface area contributed by atoms with E-state index in [2.05, 4.69) is 10.1 Å². The minimum absolute atomic E-state index is 0.228. The number of hydrogen-bond donors (Lipinski definition) is 1. The van der Waals surface area contributed by atoms with Crippen LogP contribution >= 0.6 is 0 Å². The van der Waals surface area contributed by atoms with Gasteiger partial charge in [-0.05, 0) is 36.4 Å². The fourth-order valence-electron chi connectivity index (χ4n) is 1.84. The van der Waals surface area contributed by atoms with E-state index in [0.29, 0.717) is 11.4 Å². The Hall–Kier alpha value is -2.82. The van der Waals surface area contributed by atoms with Gasteiger partial charge in [-0.1, -0.05) is 12.1 Å². The van der Waals surface area contributed by atoms with Crippen LogP contribution in [0.15, 0.2) is 48.5 Å². The van der Waals surface area contributed by atoms with Crippen molar-refractivity contribution in [3.05, 3.63) is 59.7 Å². The fourth-order valence-corrected chi connectivity index (χ4v) is 1.84. The standard InChI is InChI=1S/C16H15NO4/c1-20-12-9-7-11(8-10-12)17-15(18)13-5-3-4-6-14(13)16(19)21-2/h3-10H,1-2H3,(H,17,18). The highest BCUT2D eigenvalue weighted by atomic mass is 16.5. The minimum atomic E-state index is -0.546. The summed E-state index contributed by atoms with van der Waals surface area (Å²) in [5.41, 5.74) is 1.10. The molecule has 0 saturated heterocycles. The van der Waals surface area contributed by atoms with Gasteiger partial charge in [0, 0.05) is 5.69 Å². The van der Waals surface area contributed by atoms with Crippen LogP contribution in [0.1, 0.15) is 20.7 Å². The molecule has 0 atom stereocenters. The summed E-state index contributed by atoms with van der Waals surface area (Å²) in [6.07, 6.45) is 0. The molecule has 1 amide bonds. The van der Waals surface area contributed by atoms with Crippen LogP contribution < -0.4 is 10.1 Å². The fraction of sp³-hybridized carbons (Fsp3) is 0.125. The normalized spacial score (nSPS) is 9.81. The lowest BCUT2D eigenvalue weighted by Crippen LogP contribution is -2.17. The number of carbonyl (C=O) groups is 2. The number of ether oxygens (including phenoxy) is 2. The van der Waals surface area contributed by atoms with Crippen molar-refractivity contribution in [3.8, 4) is 5.75 Å². The van der Waals surface area contributed by atoms with E-state index in [9.17, 15) is 9.59 Å². The van der Waals surface area contributed by atoms with E-state index < -0.39 is 5.97 Å². The number of benzene rings is 2. The van der Waals surface area contributed by atoms with Crippen LogP contribution in [0, 0.1) is 0 Å². The maximum absolute atomic E-state index is 12.3. The summed E-state index contributed by atoms with van der Waals surface area (Å²) >= 11 is 0. The predicted molar refractivity (Wildman–Crippen MR) is 78.7 cm³/mol. The van der Waals surface area contributed by atoms with E-state index >= 15 is 0 Å². The summed E-state index contributed by atoms with van der Waals surface area (Å²) in [7, 11) is 2.85. The lowest BCUT2D eigenvalue weighted by atomic mass is 10.1. The molecule has 0 aliphatic carbocycles. The van der Waals surface area contributed by atoms with Crippen molar-refractivity contribution in [2.45, 2.75) is 0 Å². The van der Waals surface area contributed by atoms with Crippen molar-refractivity contribution in [1.82, 2.24) is 0 Å². The van der Waals surface area contributed by atoms with E-state index in [1.54, 1.807) is 55.6 Å². The van der Waals surface area contributed by atoms with Gasteiger partial charge in [0.2, 0.25) is 0 Å². The van der Waals surface area contributed by atoms with Crippen LogP contribution in [-0.2, 0) is 4.74 Å². The average Bonchev–Trinajstić information content (AvgIpc) is 2.54. The Balaban J connectivity index is 2.22. The number of anilines is 1. The Morgan fingerprint density at radius 3 is 2.10 bits per heavy atom. The Kier molecular flexibility index (Phi) is 4.56. The number of esters is 1. The molecule has 2 rings (SSSR count). The maximum atomic E-state index is 12.3. The quantitative estimate of drug-likeness (QED) is 0.877. The van der Waals surface area contributed by atoms with E-state index in [-0.39, 0.29) is 17.0 Å². The second kappa shape index (κ2) is 6.56. The second-order valence-corrected chi connectivity index (χ2v) is 4.22. The molecular weight excluding hydrogens is 270 g/mol. The largest absolute Gasteiger partial charge is 0.497 e. The van der Waals surface area contributed by atoms with Gasteiger partial charge in [-0.15, -0.1) is 0 Å². The van der Waals surface area contributed by atoms with Crippen LogP contribution in [0.3, 0.4) is 0 Å². The van der Waals surface area contributed by atoms with Gasteiger partial charge in [-0.25, -0.2) is 4.79 Å². The molecule has 0 aliphatic heterocycles. The Morgan fingerprint density at radius 2 is 1.52 bits per heavy atom. The van der Waals surface area contributed by atoms with Gasteiger partial charge in [-0.2, -0.15) is 0 Å². The number of amides is 1. The highest BCUT2D eigenvalue weighted by molar-refractivity contribution is 6.11. The van der Waals surface area contributed by atoms with E-state index in [0.717, 1.165) is 0 Å². The third kappa shape index (κ3) is 3.39. The van der Waals surface area contributed by atoms with Crippen LogP contribution in [0.5, 0.6) is 5.75 Å². The molecule has 0 heterocycles. The van der Waals surface area contributed by atoms with Gasteiger partial charge in [0.25, 0.3) is 5.91 Å². The molecule has 1 N–H and O–H groups in total. The van der Waals surface area contributed by atoms with Gasteiger partial charge in [0.15, 0.2) is 0 Å². The summed E-state index contributed by atoms with van der Waals surface area (Å²) in [6.45, 7) is 0. The van der Waals surface area contributed by atoms with Gasteiger partial charge in [0.05, 0.1) is 25.3 Å². The second-order valence-electron chi connectivity index (χ2n) is 4.22. The van der Waals surface area contributed by atoms with Crippen LogP contribution in [0.4, 0.5) is 5.69 Å². The first-order valence-electron chi connectivity index (χ1n) is 6.28. The highest BCUT2D eigenvalue weighted by Gasteiger charge is 2.16.